The summed E-state index contributed by atoms with van der Waals surface area (Å²) in [7, 11) is 0. The topological polar surface area (TPSA) is 92.7 Å². The number of anilines is 2. The summed E-state index contributed by atoms with van der Waals surface area (Å²) in [4.78, 5) is 21.2. The van der Waals surface area contributed by atoms with Crippen molar-refractivity contribution in [1.82, 2.24) is 25.0 Å². The average molecular weight is 605 g/mol. The first-order valence-corrected chi connectivity index (χ1v) is 14.8. The van der Waals surface area contributed by atoms with Crippen LogP contribution >= 0.6 is 11.6 Å². The molecule has 0 unspecified atom stereocenters. The highest BCUT2D eigenvalue weighted by atomic mass is 35.5. The lowest BCUT2D eigenvalue weighted by atomic mass is 10.0. The molecule has 2 fully saturated rings. The number of carbonyl (C=O) groups excluding carboxylic acids is 1. The van der Waals surface area contributed by atoms with Gasteiger partial charge in [0.1, 0.15) is 23.8 Å². The molecule has 1 amide bonds. The Morgan fingerprint density at radius 3 is 2.63 bits per heavy atom. The highest BCUT2D eigenvalue weighted by Crippen LogP contribution is 2.33. The van der Waals surface area contributed by atoms with Crippen LogP contribution in [0, 0.1) is 17.7 Å². The van der Waals surface area contributed by atoms with Gasteiger partial charge < -0.3 is 19.7 Å². The summed E-state index contributed by atoms with van der Waals surface area (Å²) in [6, 6.07) is 13.8. The van der Waals surface area contributed by atoms with E-state index in [0.717, 1.165) is 55.1 Å². The van der Waals surface area contributed by atoms with Crippen LogP contribution in [-0.4, -0.2) is 76.0 Å². The van der Waals surface area contributed by atoms with Crippen molar-refractivity contribution in [2.24, 2.45) is 11.8 Å². The second-order valence-electron chi connectivity index (χ2n) is 12.1. The van der Waals surface area contributed by atoms with Crippen LogP contribution in [0.4, 0.5) is 20.6 Å². The van der Waals surface area contributed by atoms with Gasteiger partial charge in [0.05, 0.1) is 23.1 Å². The zero-order valence-electron chi connectivity index (χ0n) is 24.4. The lowest BCUT2D eigenvalue weighted by Gasteiger charge is -2.26. The molecule has 1 N–H and O–H groups in total. The number of halogens is 2. The molecule has 0 radical (unpaired) electrons. The number of hydrogen-bond donors (Lipinski definition) is 1. The first-order valence-electron chi connectivity index (χ1n) is 14.4. The maximum atomic E-state index is 14.4. The molecule has 0 spiro atoms. The van der Waals surface area contributed by atoms with E-state index in [4.69, 9.17) is 21.1 Å². The molecule has 2 aliphatic rings. The maximum Gasteiger partial charge on any atom is 0.410 e. The van der Waals surface area contributed by atoms with Crippen molar-refractivity contribution in [3.05, 3.63) is 71.8 Å². The minimum Gasteiger partial charge on any atom is -0.492 e. The molecule has 2 atom stereocenters. The first-order chi connectivity index (χ1) is 20.6. The van der Waals surface area contributed by atoms with E-state index in [-0.39, 0.29) is 11.7 Å². The minimum absolute atomic E-state index is 0.213. The fraction of sp³-hybridized carbons (Fsp3) is 0.375. The Morgan fingerprint density at radius 2 is 1.86 bits per heavy atom. The van der Waals surface area contributed by atoms with E-state index in [1.165, 1.54) is 18.2 Å². The lowest BCUT2D eigenvalue weighted by molar-refractivity contribution is 0.0273. The van der Waals surface area contributed by atoms with Crippen LogP contribution in [0.3, 0.4) is 0 Å². The Balaban J connectivity index is 1.04. The molecule has 0 bridgehead atoms. The van der Waals surface area contributed by atoms with Crippen molar-refractivity contribution < 1.29 is 18.7 Å². The molecule has 4 aromatic rings. The standard InChI is InChI=1S/C32H34ClFN6O3/c1-32(2,3)43-31(41)40-18-20-16-39(17-21(20)19-40)10-11-42-24-5-6-25-28(8-9-35-29(25)14-24)37-23-13-30(38-36-15-23)26-12-22(33)4-7-27(26)34/h4-9,12-15,20-21H,10-11,16-19H2,1-3H3,(H,35,37,38)/t20-,21+. The molecule has 2 aromatic heterocycles. The highest BCUT2D eigenvalue weighted by Gasteiger charge is 2.42. The Labute approximate surface area is 255 Å². The number of carbonyl (C=O) groups is 1. The average Bonchev–Trinajstić information content (AvgIpc) is 3.53. The molecule has 224 valence electrons. The number of nitrogens with zero attached hydrogens (tertiary/aromatic N) is 5. The van der Waals surface area contributed by atoms with Gasteiger partial charge in [0, 0.05) is 66.6 Å². The van der Waals surface area contributed by atoms with E-state index < -0.39 is 11.4 Å². The number of aromatic nitrogens is 3. The summed E-state index contributed by atoms with van der Waals surface area (Å²) in [6.07, 6.45) is 3.09. The van der Waals surface area contributed by atoms with Crippen LogP contribution in [0.25, 0.3) is 22.2 Å². The summed E-state index contributed by atoms with van der Waals surface area (Å²) in [6.45, 7) is 10.5. The van der Waals surface area contributed by atoms with Crippen LogP contribution < -0.4 is 10.1 Å². The van der Waals surface area contributed by atoms with Crippen LogP contribution in [0.1, 0.15) is 20.8 Å². The lowest BCUT2D eigenvalue weighted by Crippen LogP contribution is -2.38. The molecule has 11 heteroatoms. The van der Waals surface area contributed by atoms with Crippen LogP contribution in [-0.2, 0) is 4.74 Å². The van der Waals surface area contributed by atoms with Gasteiger partial charge in [0.15, 0.2) is 0 Å². The Hall–Kier alpha value is -4.02. The predicted molar refractivity (Wildman–Crippen MR) is 164 cm³/mol. The van der Waals surface area contributed by atoms with Crippen molar-refractivity contribution in [1.29, 1.82) is 0 Å². The molecular formula is C32H34ClFN6O3. The molecule has 0 aliphatic carbocycles. The molecule has 43 heavy (non-hydrogen) atoms. The number of ether oxygens (including phenoxy) is 2. The fourth-order valence-corrected chi connectivity index (χ4v) is 5.96. The Bertz CT molecular complexity index is 1630. The fourth-order valence-electron chi connectivity index (χ4n) is 5.78. The second-order valence-corrected chi connectivity index (χ2v) is 12.6. The van der Waals surface area contributed by atoms with Gasteiger partial charge in [-0.05, 0) is 75.1 Å². The van der Waals surface area contributed by atoms with Gasteiger partial charge in [-0.25, -0.2) is 9.18 Å². The van der Waals surface area contributed by atoms with Gasteiger partial charge in [-0.3, -0.25) is 9.88 Å². The summed E-state index contributed by atoms with van der Waals surface area (Å²) in [5.74, 6) is 1.27. The summed E-state index contributed by atoms with van der Waals surface area (Å²) >= 11 is 6.06. The van der Waals surface area contributed by atoms with E-state index in [1.54, 1.807) is 18.5 Å². The summed E-state index contributed by atoms with van der Waals surface area (Å²) < 4.78 is 26.0. The molecule has 2 aliphatic heterocycles. The number of amides is 1. The van der Waals surface area contributed by atoms with Crippen molar-refractivity contribution in [2.45, 2.75) is 26.4 Å². The van der Waals surface area contributed by atoms with Crippen LogP contribution in [0.15, 0.2) is 60.9 Å². The molecule has 2 aromatic carbocycles. The van der Waals surface area contributed by atoms with Crippen molar-refractivity contribution in [3.63, 3.8) is 0 Å². The number of pyridine rings is 1. The number of rotatable bonds is 7. The van der Waals surface area contributed by atoms with Gasteiger partial charge >= 0.3 is 6.09 Å². The third-order valence-corrected chi connectivity index (χ3v) is 7.98. The summed E-state index contributed by atoms with van der Waals surface area (Å²) in [5, 5.41) is 12.8. The number of benzene rings is 2. The molecule has 9 nitrogen and oxygen atoms in total. The Morgan fingerprint density at radius 1 is 1.07 bits per heavy atom. The zero-order valence-corrected chi connectivity index (χ0v) is 25.1. The second kappa shape index (κ2) is 11.9. The number of hydrogen-bond acceptors (Lipinski definition) is 8. The van der Waals surface area contributed by atoms with E-state index in [9.17, 15) is 9.18 Å². The highest BCUT2D eigenvalue weighted by molar-refractivity contribution is 6.30. The maximum absolute atomic E-state index is 14.4. The number of nitrogens with one attached hydrogen (secondary N) is 1. The predicted octanol–water partition coefficient (Wildman–Crippen LogP) is 6.41. The molecule has 2 saturated heterocycles. The van der Waals surface area contributed by atoms with Gasteiger partial charge in [0.2, 0.25) is 0 Å². The molecule has 0 saturated carbocycles. The first kappa shape index (κ1) is 29.1. The summed E-state index contributed by atoms with van der Waals surface area (Å²) in [5.41, 5.74) is 2.44. The van der Waals surface area contributed by atoms with Gasteiger partial charge in [0.25, 0.3) is 0 Å². The van der Waals surface area contributed by atoms with Crippen LogP contribution in [0.2, 0.25) is 5.02 Å². The zero-order chi connectivity index (χ0) is 30.1. The monoisotopic (exact) mass is 604 g/mol. The Kier molecular flexibility index (Phi) is 8.07. The molecular weight excluding hydrogens is 571 g/mol. The third kappa shape index (κ3) is 6.81. The van der Waals surface area contributed by atoms with Crippen molar-refractivity contribution in [3.8, 4) is 17.0 Å². The smallest absolute Gasteiger partial charge is 0.410 e. The van der Waals surface area contributed by atoms with E-state index in [2.05, 4.69) is 25.4 Å². The van der Waals surface area contributed by atoms with Gasteiger partial charge in [-0.2, -0.15) is 10.2 Å². The molecule has 6 rings (SSSR count). The van der Waals surface area contributed by atoms with Crippen LogP contribution in [0.5, 0.6) is 5.75 Å². The van der Waals surface area contributed by atoms with Crippen molar-refractivity contribution in [2.75, 3.05) is 44.6 Å². The van der Waals surface area contributed by atoms with Gasteiger partial charge in [-0.1, -0.05) is 11.6 Å². The molecule has 4 heterocycles. The van der Waals surface area contributed by atoms with E-state index in [0.29, 0.717) is 34.8 Å². The third-order valence-electron chi connectivity index (χ3n) is 7.74. The largest absolute Gasteiger partial charge is 0.492 e. The number of likely N-dealkylation sites (tertiary alicyclic amines) is 2. The van der Waals surface area contributed by atoms with Crippen molar-refractivity contribution >= 4 is 40.0 Å². The van der Waals surface area contributed by atoms with E-state index >= 15 is 0 Å². The number of fused-ring (bicyclic) bond motifs is 2. The minimum atomic E-state index is -0.477. The SMILES string of the molecule is CC(C)(C)OC(=O)N1C[C@H]2CN(CCOc3ccc4c(Nc5cnnc(-c6cc(Cl)ccc6F)c5)ccnc4c3)C[C@H]2C1. The quantitative estimate of drug-likeness (QED) is 0.259. The van der Waals surface area contributed by atoms with E-state index in [1.807, 2.05) is 49.9 Å². The normalized spacial score (nSPS) is 18.6. The van der Waals surface area contributed by atoms with Gasteiger partial charge in [-0.15, -0.1) is 0 Å².